The molecule has 0 spiro atoms. The van der Waals surface area contributed by atoms with Crippen LogP contribution in [0.15, 0.2) is 34.9 Å². The molecule has 112 valence electrons. The van der Waals surface area contributed by atoms with Crippen molar-refractivity contribution in [1.82, 2.24) is 10.3 Å². The van der Waals surface area contributed by atoms with Gasteiger partial charge < -0.3 is 10.1 Å². The maximum atomic E-state index is 14.4. The third-order valence-electron chi connectivity index (χ3n) is 2.98. The summed E-state index contributed by atoms with van der Waals surface area (Å²) >= 11 is 3.42. The number of hydrogen-bond acceptors (Lipinski definition) is 3. The standard InChI is InChI=1S/C16H18BrFN2O/c1-10(2)20-9-12-6-7-19-16(15(12)18)21-13-4-5-14(17)11(3)8-13/h4-8,10,20H,9H2,1-3H3. The fourth-order valence-electron chi connectivity index (χ4n) is 1.78. The van der Waals surface area contributed by atoms with Crippen molar-refractivity contribution >= 4 is 15.9 Å². The molecule has 1 aromatic heterocycles. The smallest absolute Gasteiger partial charge is 0.256 e. The molecule has 0 bridgehead atoms. The molecule has 0 fully saturated rings. The summed E-state index contributed by atoms with van der Waals surface area (Å²) in [5.74, 6) is 0.141. The number of hydrogen-bond donors (Lipinski definition) is 1. The van der Waals surface area contributed by atoms with Gasteiger partial charge in [-0.15, -0.1) is 0 Å². The van der Waals surface area contributed by atoms with Crippen LogP contribution in [0.2, 0.25) is 0 Å². The molecule has 2 aromatic rings. The molecule has 3 nitrogen and oxygen atoms in total. The van der Waals surface area contributed by atoms with E-state index in [1.807, 2.05) is 32.9 Å². The van der Waals surface area contributed by atoms with Crippen molar-refractivity contribution in [3.05, 3.63) is 51.9 Å². The summed E-state index contributed by atoms with van der Waals surface area (Å²) in [6.07, 6.45) is 1.56. The Morgan fingerprint density at radius 3 is 2.76 bits per heavy atom. The van der Waals surface area contributed by atoms with Crippen molar-refractivity contribution in [3.8, 4) is 11.6 Å². The number of pyridine rings is 1. The largest absolute Gasteiger partial charge is 0.436 e. The van der Waals surface area contributed by atoms with Crippen molar-refractivity contribution < 1.29 is 9.13 Å². The van der Waals surface area contributed by atoms with Crippen LogP contribution in [0.4, 0.5) is 4.39 Å². The van der Waals surface area contributed by atoms with Gasteiger partial charge in [0.1, 0.15) is 5.75 Å². The van der Waals surface area contributed by atoms with E-state index in [4.69, 9.17) is 4.74 Å². The zero-order valence-electron chi connectivity index (χ0n) is 12.3. The second-order valence-electron chi connectivity index (χ2n) is 5.14. The van der Waals surface area contributed by atoms with Gasteiger partial charge in [0, 0.05) is 28.8 Å². The van der Waals surface area contributed by atoms with Crippen LogP contribution in [0.5, 0.6) is 11.6 Å². The Hall–Kier alpha value is -1.46. The fourth-order valence-corrected chi connectivity index (χ4v) is 2.02. The van der Waals surface area contributed by atoms with Crippen LogP contribution in [-0.2, 0) is 6.54 Å². The first-order valence-electron chi connectivity index (χ1n) is 6.78. The van der Waals surface area contributed by atoms with E-state index >= 15 is 0 Å². The molecule has 0 radical (unpaired) electrons. The number of nitrogens with zero attached hydrogens (tertiary/aromatic N) is 1. The van der Waals surface area contributed by atoms with E-state index in [1.165, 1.54) is 0 Å². The quantitative estimate of drug-likeness (QED) is 0.854. The molecule has 0 saturated carbocycles. The van der Waals surface area contributed by atoms with Gasteiger partial charge in [-0.3, -0.25) is 0 Å². The second-order valence-corrected chi connectivity index (χ2v) is 5.99. The maximum Gasteiger partial charge on any atom is 0.256 e. The van der Waals surface area contributed by atoms with Crippen LogP contribution in [-0.4, -0.2) is 11.0 Å². The highest BCUT2D eigenvalue weighted by Gasteiger charge is 2.12. The molecule has 0 unspecified atom stereocenters. The maximum absolute atomic E-state index is 14.4. The van der Waals surface area contributed by atoms with Gasteiger partial charge in [-0.1, -0.05) is 29.8 Å². The summed E-state index contributed by atoms with van der Waals surface area (Å²) in [6, 6.07) is 7.43. The van der Waals surface area contributed by atoms with Gasteiger partial charge in [-0.2, -0.15) is 0 Å². The van der Waals surface area contributed by atoms with Gasteiger partial charge in [-0.25, -0.2) is 9.37 Å². The molecule has 1 heterocycles. The lowest BCUT2D eigenvalue weighted by molar-refractivity contribution is 0.416. The van der Waals surface area contributed by atoms with Gasteiger partial charge in [0.15, 0.2) is 5.82 Å². The number of nitrogens with one attached hydrogen (secondary N) is 1. The predicted molar refractivity (Wildman–Crippen MR) is 85.1 cm³/mol. The highest BCUT2D eigenvalue weighted by Crippen LogP contribution is 2.27. The third kappa shape index (κ3) is 4.25. The molecule has 0 aliphatic carbocycles. The Kier molecular flexibility index (Phi) is 5.31. The third-order valence-corrected chi connectivity index (χ3v) is 3.87. The molecule has 1 aromatic carbocycles. The van der Waals surface area contributed by atoms with E-state index in [-0.39, 0.29) is 11.9 Å². The second kappa shape index (κ2) is 7.00. The Morgan fingerprint density at radius 2 is 2.10 bits per heavy atom. The van der Waals surface area contributed by atoms with Gasteiger partial charge in [0.25, 0.3) is 5.88 Å². The number of aryl methyl sites for hydroxylation is 1. The van der Waals surface area contributed by atoms with Crippen molar-refractivity contribution in [2.45, 2.75) is 33.4 Å². The molecule has 1 N–H and O–H groups in total. The highest BCUT2D eigenvalue weighted by molar-refractivity contribution is 9.10. The van der Waals surface area contributed by atoms with Gasteiger partial charge in [-0.05, 0) is 36.8 Å². The first kappa shape index (κ1) is 15.9. The lowest BCUT2D eigenvalue weighted by atomic mass is 10.2. The van der Waals surface area contributed by atoms with Crippen LogP contribution >= 0.6 is 15.9 Å². The molecular formula is C16H18BrFN2O. The van der Waals surface area contributed by atoms with Crippen LogP contribution in [0.1, 0.15) is 25.0 Å². The Labute approximate surface area is 132 Å². The molecule has 0 aliphatic heterocycles. The normalized spacial score (nSPS) is 11.0. The van der Waals surface area contributed by atoms with Crippen molar-refractivity contribution in [1.29, 1.82) is 0 Å². The van der Waals surface area contributed by atoms with E-state index in [1.54, 1.807) is 18.3 Å². The topological polar surface area (TPSA) is 34.1 Å². The number of halogens is 2. The first-order chi connectivity index (χ1) is 9.97. The summed E-state index contributed by atoms with van der Waals surface area (Å²) < 4.78 is 20.9. The summed E-state index contributed by atoms with van der Waals surface area (Å²) in [5.41, 5.74) is 1.56. The van der Waals surface area contributed by atoms with E-state index < -0.39 is 5.82 Å². The van der Waals surface area contributed by atoms with Crippen molar-refractivity contribution in [3.63, 3.8) is 0 Å². The minimum atomic E-state index is -0.425. The monoisotopic (exact) mass is 352 g/mol. The molecule has 21 heavy (non-hydrogen) atoms. The molecular weight excluding hydrogens is 335 g/mol. The lowest BCUT2D eigenvalue weighted by Crippen LogP contribution is -2.22. The zero-order valence-corrected chi connectivity index (χ0v) is 13.9. The van der Waals surface area contributed by atoms with Crippen LogP contribution < -0.4 is 10.1 Å². The highest BCUT2D eigenvalue weighted by atomic mass is 79.9. The molecule has 0 saturated heterocycles. The number of benzene rings is 1. The van der Waals surface area contributed by atoms with Gasteiger partial charge in [0.2, 0.25) is 0 Å². The van der Waals surface area contributed by atoms with E-state index in [0.29, 0.717) is 17.9 Å². The van der Waals surface area contributed by atoms with Gasteiger partial charge in [0.05, 0.1) is 0 Å². The summed E-state index contributed by atoms with van der Waals surface area (Å²) in [4.78, 5) is 3.98. The minimum absolute atomic E-state index is 0.000205. The summed E-state index contributed by atoms with van der Waals surface area (Å²) in [7, 11) is 0. The molecule has 2 rings (SSSR count). The number of ether oxygens (including phenoxy) is 1. The van der Waals surface area contributed by atoms with E-state index in [2.05, 4.69) is 26.2 Å². The number of aromatic nitrogens is 1. The predicted octanol–water partition coefficient (Wildman–Crippen LogP) is 4.58. The Balaban J connectivity index is 2.19. The van der Waals surface area contributed by atoms with Crippen LogP contribution in [0, 0.1) is 12.7 Å². The first-order valence-corrected chi connectivity index (χ1v) is 7.57. The molecule has 0 amide bonds. The van der Waals surface area contributed by atoms with E-state index in [9.17, 15) is 4.39 Å². The van der Waals surface area contributed by atoms with E-state index in [0.717, 1.165) is 10.0 Å². The van der Waals surface area contributed by atoms with Crippen LogP contribution in [0.25, 0.3) is 0 Å². The fraction of sp³-hybridized carbons (Fsp3) is 0.312. The zero-order chi connectivity index (χ0) is 15.4. The van der Waals surface area contributed by atoms with Crippen LogP contribution in [0.3, 0.4) is 0 Å². The average molecular weight is 353 g/mol. The van der Waals surface area contributed by atoms with Crippen molar-refractivity contribution in [2.24, 2.45) is 0 Å². The average Bonchev–Trinajstić information content (AvgIpc) is 2.43. The summed E-state index contributed by atoms with van der Waals surface area (Å²) in [5, 5.41) is 3.18. The van der Waals surface area contributed by atoms with Gasteiger partial charge >= 0.3 is 0 Å². The van der Waals surface area contributed by atoms with Crippen molar-refractivity contribution in [2.75, 3.05) is 0 Å². The SMILES string of the molecule is Cc1cc(Oc2nccc(CNC(C)C)c2F)ccc1Br. The summed E-state index contributed by atoms with van der Waals surface area (Å²) in [6.45, 7) is 6.42. The minimum Gasteiger partial charge on any atom is -0.436 e. The Morgan fingerprint density at radius 1 is 1.33 bits per heavy atom. The molecule has 0 atom stereocenters. The molecule has 0 aliphatic rings. The number of rotatable bonds is 5. The molecule has 5 heteroatoms. The Bertz CT molecular complexity index is 632. The lowest BCUT2D eigenvalue weighted by Gasteiger charge is -2.11.